The molecule has 2 heterocycles. The highest BCUT2D eigenvalue weighted by molar-refractivity contribution is 5.88. The van der Waals surface area contributed by atoms with Gasteiger partial charge in [0.2, 0.25) is 11.9 Å². The number of carbonyl (C=O) groups excluding carboxylic acids is 2. The third-order valence-corrected chi connectivity index (χ3v) is 4.77. The first-order valence-corrected chi connectivity index (χ1v) is 8.36. The first-order chi connectivity index (χ1) is 11.5. The van der Waals surface area contributed by atoms with Gasteiger partial charge in [0.05, 0.1) is 5.54 Å². The minimum atomic E-state index is -0.182. The molecule has 1 spiro atoms. The molecule has 1 saturated carbocycles. The van der Waals surface area contributed by atoms with E-state index in [1.165, 1.54) is 22.3 Å². The van der Waals surface area contributed by atoms with Gasteiger partial charge in [-0.05, 0) is 12.8 Å². The van der Waals surface area contributed by atoms with Crippen LogP contribution in [0.1, 0.15) is 32.1 Å². The lowest BCUT2D eigenvalue weighted by Crippen LogP contribution is -2.50. The zero-order valence-electron chi connectivity index (χ0n) is 14.2. The quantitative estimate of drug-likeness (QED) is 0.850. The maximum absolute atomic E-state index is 12.6. The minimum absolute atomic E-state index is 0.0809. The van der Waals surface area contributed by atoms with E-state index in [1.54, 1.807) is 14.1 Å². The van der Waals surface area contributed by atoms with E-state index < -0.39 is 0 Å². The summed E-state index contributed by atoms with van der Waals surface area (Å²) < 4.78 is 1.43. The van der Waals surface area contributed by atoms with Crippen molar-refractivity contribution >= 4 is 17.9 Å². The second-order valence-electron chi connectivity index (χ2n) is 6.66. The highest BCUT2D eigenvalue weighted by Crippen LogP contribution is 2.38. The fraction of sp³-hybridized carbons (Fsp3) is 0.625. The zero-order valence-corrected chi connectivity index (χ0v) is 14.2. The van der Waals surface area contributed by atoms with E-state index in [0.717, 1.165) is 25.7 Å². The lowest BCUT2D eigenvalue weighted by molar-refractivity contribution is -0.129. The number of urea groups is 1. The van der Waals surface area contributed by atoms with Crippen LogP contribution in [0.4, 0.5) is 10.7 Å². The summed E-state index contributed by atoms with van der Waals surface area (Å²) in [6, 6.07) is -0.182. The molecule has 0 aromatic carbocycles. The fourth-order valence-electron chi connectivity index (χ4n) is 3.41. The lowest BCUT2D eigenvalue weighted by atomic mass is 9.81. The van der Waals surface area contributed by atoms with Crippen molar-refractivity contribution in [2.75, 3.05) is 26.0 Å². The minimum Gasteiger partial charge on any atom is -0.347 e. The average Bonchev–Trinajstić information content (AvgIpc) is 3.15. The molecule has 1 aliphatic heterocycles. The molecule has 3 rings (SSSR count). The van der Waals surface area contributed by atoms with E-state index in [9.17, 15) is 9.59 Å². The molecule has 0 bridgehead atoms. The highest BCUT2D eigenvalue weighted by Gasteiger charge is 2.41. The molecule has 8 nitrogen and oxygen atoms in total. The van der Waals surface area contributed by atoms with Crippen LogP contribution in [0.3, 0.4) is 0 Å². The van der Waals surface area contributed by atoms with Crippen LogP contribution in [-0.2, 0) is 11.3 Å². The first kappa shape index (κ1) is 16.5. The summed E-state index contributed by atoms with van der Waals surface area (Å²) in [5.41, 5.74) is -0.147. The van der Waals surface area contributed by atoms with Gasteiger partial charge in [-0.25, -0.2) is 14.5 Å². The third-order valence-electron chi connectivity index (χ3n) is 4.77. The van der Waals surface area contributed by atoms with Crippen molar-refractivity contribution in [1.82, 2.24) is 24.6 Å². The van der Waals surface area contributed by atoms with Crippen molar-refractivity contribution in [3.05, 3.63) is 18.5 Å². The van der Waals surface area contributed by atoms with E-state index in [-0.39, 0.29) is 30.0 Å². The normalized spacial score (nSPS) is 18.8. The van der Waals surface area contributed by atoms with E-state index in [4.69, 9.17) is 0 Å². The Hall–Kier alpha value is -2.38. The second kappa shape index (κ2) is 6.62. The molecule has 0 atom stereocenters. The second-order valence-corrected chi connectivity index (χ2v) is 6.66. The number of hydrogen-bond acceptors (Lipinski definition) is 4. The van der Waals surface area contributed by atoms with E-state index in [2.05, 4.69) is 27.6 Å². The fourth-order valence-corrected chi connectivity index (χ4v) is 3.41. The van der Waals surface area contributed by atoms with Crippen molar-refractivity contribution in [2.24, 2.45) is 0 Å². The Morgan fingerprint density at radius 2 is 2.04 bits per heavy atom. The van der Waals surface area contributed by atoms with Crippen molar-refractivity contribution in [1.29, 1.82) is 0 Å². The summed E-state index contributed by atoms with van der Waals surface area (Å²) in [6.45, 7) is 0.719. The standard InChI is InChI=1S/C16H24N6O2/c1-20(2)13(23)11-21-12-17-14(19-21)18-15(24)22-10-6-9-16(22)7-4-3-5-8-16/h6,9,12H,3-5,7-8,10-11H2,1-2H3,(H,18,19,24). The van der Waals surface area contributed by atoms with Crippen molar-refractivity contribution in [2.45, 2.75) is 44.2 Å². The van der Waals surface area contributed by atoms with Gasteiger partial charge in [0, 0.05) is 20.6 Å². The molecular formula is C16H24N6O2. The number of carbonyl (C=O) groups is 2. The van der Waals surface area contributed by atoms with Crippen LogP contribution in [0, 0.1) is 0 Å². The number of rotatable bonds is 3. The molecule has 1 aromatic heterocycles. The molecule has 1 aromatic rings. The third kappa shape index (κ3) is 3.27. The Morgan fingerprint density at radius 1 is 1.29 bits per heavy atom. The van der Waals surface area contributed by atoms with Gasteiger partial charge in [-0.2, -0.15) is 0 Å². The van der Waals surface area contributed by atoms with E-state index in [0.29, 0.717) is 6.54 Å². The molecule has 8 heteroatoms. The van der Waals surface area contributed by atoms with Crippen LogP contribution < -0.4 is 5.32 Å². The molecule has 3 amide bonds. The number of likely N-dealkylation sites (N-methyl/N-ethyl adjacent to an activating group) is 1. The molecule has 0 radical (unpaired) electrons. The molecule has 24 heavy (non-hydrogen) atoms. The summed E-state index contributed by atoms with van der Waals surface area (Å²) in [7, 11) is 3.37. The number of anilines is 1. The SMILES string of the molecule is CN(C)C(=O)Cn1cnc(NC(=O)N2CC=CC23CCCCC3)n1. The predicted octanol–water partition coefficient (Wildman–Crippen LogP) is 1.47. The first-order valence-electron chi connectivity index (χ1n) is 8.36. The number of amides is 3. The molecule has 1 N–H and O–H groups in total. The van der Waals surface area contributed by atoms with Crippen molar-refractivity contribution in [3.63, 3.8) is 0 Å². The maximum Gasteiger partial charge on any atom is 0.325 e. The van der Waals surface area contributed by atoms with Gasteiger partial charge in [-0.3, -0.25) is 10.1 Å². The Bertz CT molecular complexity index is 645. The number of aromatic nitrogens is 3. The molecule has 130 valence electrons. The van der Waals surface area contributed by atoms with Gasteiger partial charge in [0.15, 0.2) is 0 Å². The summed E-state index contributed by atoms with van der Waals surface area (Å²) in [5, 5.41) is 6.91. The zero-order chi connectivity index (χ0) is 17.2. The monoisotopic (exact) mass is 332 g/mol. The number of nitrogens with zero attached hydrogens (tertiary/aromatic N) is 5. The smallest absolute Gasteiger partial charge is 0.325 e. The molecular weight excluding hydrogens is 308 g/mol. The van der Waals surface area contributed by atoms with Gasteiger partial charge < -0.3 is 9.80 Å². The van der Waals surface area contributed by atoms with Crippen LogP contribution in [0.15, 0.2) is 18.5 Å². The maximum atomic E-state index is 12.6. The highest BCUT2D eigenvalue weighted by atomic mass is 16.2. The Labute approximate surface area is 141 Å². The van der Waals surface area contributed by atoms with E-state index >= 15 is 0 Å². The molecule has 1 fully saturated rings. The van der Waals surface area contributed by atoms with Gasteiger partial charge in [-0.1, -0.05) is 31.4 Å². The summed E-state index contributed by atoms with van der Waals surface area (Å²) in [4.78, 5) is 31.8. The van der Waals surface area contributed by atoms with Gasteiger partial charge in [0.25, 0.3) is 0 Å². The summed E-state index contributed by atoms with van der Waals surface area (Å²) >= 11 is 0. The van der Waals surface area contributed by atoms with Gasteiger partial charge in [-0.15, -0.1) is 5.10 Å². The Kier molecular flexibility index (Phi) is 4.55. The van der Waals surface area contributed by atoms with Crippen LogP contribution in [0.5, 0.6) is 0 Å². The molecule has 0 unspecified atom stereocenters. The molecule has 0 saturated heterocycles. The average molecular weight is 332 g/mol. The summed E-state index contributed by atoms with van der Waals surface area (Å²) in [6.07, 6.45) is 11.2. The molecule has 2 aliphatic rings. The largest absolute Gasteiger partial charge is 0.347 e. The molecule has 1 aliphatic carbocycles. The van der Waals surface area contributed by atoms with Gasteiger partial charge >= 0.3 is 6.03 Å². The Balaban J connectivity index is 1.63. The van der Waals surface area contributed by atoms with Crippen molar-refractivity contribution in [3.8, 4) is 0 Å². The number of nitrogens with one attached hydrogen (secondary N) is 1. The lowest BCUT2D eigenvalue weighted by Gasteiger charge is -2.40. The summed E-state index contributed by atoms with van der Waals surface area (Å²) in [5.74, 6) is 0.145. The Morgan fingerprint density at radius 3 is 2.75 bits per heavy atom. The van der Waals surface area contributed by atoms with Crippen LogP contribution >= 0.6 is 0 Å². The van der Waals surface area contributed by atoms with E-state index in [1.807, 2.05) is 4.90 Å². The predicted molar refractivity (Wildman–Crippen MR) is 89.4 cm³/mol. The van der Waals surface area contributed by atoms with Crippen LogP contribution in [0.25, 0.3) is 0 Å². The van der Waals surface area contributed by atoms with Crippen molar-refractivity contribution < 1.29 is 9.59 Å². The number of hydrogen-bond donors (Lipinski definition) is 1. The topological polar surface area (TPSA) is 83.4 Å². The van der Waals surface area contributed by atoms with Crippen LogP contribution in [-0.4, -0.2) is 62.7 Å². The van der Waals surface area contributed by atoms with Gasteiger partial charge in [0.1, 0.15) is 12.9 Å². The van der Waals surface area contributed by atoms with Crippen LogP contribution in [0.2, 0.25) is 0 Å².